The monoisotopic (exact) mass is 326 g/mol. The highest BCUT2D eigenvalue weighted by Crippen LogP contribution is 2.22. The first-order valence-electron chi connectivity index (χ1n) is 7.10. The minimum Gasteiger partial charge on any atom is -0.497 e. The van der Waals surface area contributed by atoms with E-state index in [1.54, 1.807) is 19.3 Å². The molecule has 0 aliphatic heterocycles. The molecule has 3 aromatic rings. The first-order chi connectivity index (χ1) is 11.1. The van der Waals surface area contributed by atoms with Crippen LogP contribution in [0, 0.1) is 6.92 Å². The van der Waals surface area contributed by atoms with Crippen molar-refractivity contribution in [3.05, 3.63) is 69.8 Å². The van der Waals surface area contributed by atoms with Crippen molar-refractivity contribution in [1.29, 1.82) is 0 Å². The molecule has 1 heterocycles. The fraction of sp³-hybridized carbons (Fsp3) is 0.111. The topological polar surface area (TPSA) is 55.0 Å². The molecule has 0 aliphatic rings. The summed E-state index contributed by atoms with van der Waals surface area (Å²) in [7, 11) is 1.61. The van der Waals surface area contributed by atoms with Crippen LogP contribution in [0.3, 0.4) is 0 Å². The van der Waals surface area contributed by atoms with E-state index in [0.717, 1.165) is 16.9 Å². The van der Waals surface area contributed by atoms with Crippen molar-refractivity contribution < 1.29 is 4.74 Å². The van der Waals surface area contributed by atoms with Gasteiger partial charge in [-0.05, 0) is 42.3 Å². The van der Waals surface area contributed by atoms with E-state index in [9.17, 15) is 4.79 Å². The minimum absolute atomic E-state index is 0.199. The van der Waals surface area contributed by atoms with Crippen molar-refractivity contribution in [2.24, 2.45) is 0 Å². The summed E-state index contributed by atoms with van der Waals surface area (Å²) < 4.78 is 5.12. The predicted molar refractivity (Wildman–Crippen MR) is 93.8 cm³/mol. The summed E-state index contributed by atoms with van der Waals surface area (Å²) in [6, 6.07) is 13.0. The van der Waals surface area contributed by atoms with Crippen LogP contribution in [-0.4, -0.2) is 17.1 Å². The molecule has 1 N–H and O–H groups in total. The minimum atomic E-state index is -0.199. The molecule has 0 fully saturated rings. The molecular weight excluding hydrogens is 312 g/mol. The van der Waals surface area contributed by atoms with Gasteiger partial charge in [0.25, 0.3) is 5.56 Å². The third-order valence-corrected chi connectivity index (χ3v) is 3.86. The summed E-state index contributed by atoms with van der Waals surface area (Å²) >= 11 is 6.34. The molecule has 0 atom stereocenters. The smallest absolute Gasteiger partial charge is 0.259 e. The maximum Gasteiger partial charge on any atom is 0.259 e. The van der Waals surface area contributed by atoms with E-state index in [-0.39, 0.29) is 5.56 Å². The quantitative estimate of drug-likeness (QED) is 0.792. The van der Waals surface area contributed by atoms with E-state index in [1.165, 1.54) is 0 Å². The molecule has 3 rings (SSSR count). The van der Waals surface area contributed by atoms with Crippen LogP contribution in [0.25, 0.3) is 22.0 Å². The van der Waals surface area contributed by atoms with Gasteiger partial charge in [-0.2, -0.15) is 0 Å². The molecule has 2 aromatic carbocycles. The number of hydrogen-bond acceptors (Lipinski definition) is 3. The molecule has 0 bridgehead atoms. The highest BCUT2D eigenvalue weighted by Gasteiger charge is 2.08. The molecule has 0 unspecified atom stereocenters. The molecule has 0 spiro atoms. The van der Waals surface area contributed by atoms with Crippen LogP contribution in [0.4, 0.5) is 0 Å². The Morgan fingerprint density at radius 1 is 1.22 bits per heavy atom. The molecule has 0 radical (unpaired) electrons. The Labute approximate surface area is 138 Å². The van der Waals surface area contributed by atoms with E-state index < -0.39 is 0 Å². The lowest BCUT2D eigenvalue weighted by Crippen LogP contribution is -2.11. The van der Waals surface area contributed by atoms with Crippen LogP contribution in [0.2, 0.25) is 0 Å². The summed E-state index contributed by atoms with van der Waals surface area (Å²) in [5.74, 6) is 1.13. The van der Waals surface area contributed by atoms with E-state index in [4.69, 9.17) is 16.3 Å². The number of hydrogen-bond donors (Lipinski definition) is 1. The molecule has 0 amide bonds. The van der Waals surface area contributed by atoms with Gasteiger partial charge in [-0.25, -0.2) is 4.98 Å². The molecule has 5 heteroatoms. The molecule has 116 valence electrons. The standard InChI is InChI=1S/C18H15ClN2O2/c1-11-4-3-5-14-16(11)20-17(21-18(14)22)15(19)10-12-6-8-13(23-2)9-7-12/h3-10H,1-2H3,(H,20,21,22)/b15-10-. The number of halogens is 1. The van der Waals surface area contributed by atoms with Crippen LogP contribution in [-0.2, 0) is 0 Å². The Kier molecular flexibility index (Phi) is 4.17. The highest BCUT2D eigenvalue weighted by atomic mass is 35.5. The van der Waals surface area contributed by atoms with Crippen molar-refractivity contribution in [3.8, 4) is 5.75 Å². The zero-order chi connectivity index (χ0) is 16.4. The number of fused-ring (bicyclic) bond motifs is 1. The highest BCUT2D eigenvalue weighted by molar-refractivity contribution is 6.50. The van der Waals surface area contributed by atoms with Crippen molar-refractivity contribution in [1.82, 2.24) is 9.97 Å². The van der Waals surface area contributed by atoms with Crippen molar-refractivity contribution in [2.75, 3.05) is 7.11 Å². The summed E-state index contributed by atoms with van der Waals surface area (Å²) in [5, 5.41) is 0.931. The maximum absolute atomic E-state index is 12.2. The third-order valence-electron chi connectivity index (χ3n) is 3.57. The molecule has 0 aliphatic carbocycles. The van der Waals surface area contributed by atoms with Crippen molar-refractivity contribution in [3.63, 3.8) is 0 Å². The molecule has 0 saturated carbocycles. The van der Waals surface area contributed by atoms with Gasteiger partial charge in [0.2, 0.25) is 0 Å². The first kappa shape index (κ1) is 15.3. The predicted octanol–water partition coefficient (Wildman–Crippen LogP) is 3.98. The van der Waals surface area contributed by atoms with Gasteiger partial charge in [0.05, 0.1) is 23.0 Å². The number of aryl methyl sites for hydroxylation is 1. The molecular formula is C18H15ClN2O2. The lowest BCUT2D eigenvalue weighted by molar-refractivity contribution is 0.415. The number of nitrogens with zero attached hydrogens (tertiary/aromatic N) is 1. The fourth-order valence-corrected chi connectivity index (χ4v) is 2.55. The van der Waals surface area contributed by atoms with E-state index in [0.29, 0.717) is 21.8 Å². The second-order valence-electron chi connectivity index (χ2n) is 5.15. The Balaban J connectivity index is 2.06. The maximum atomic E-state index is 12.2. The molecule has 0 saturated heterocycles. The number of benzene rings is 2. The van der Waals surface area contributed by atoms with E-state index in [1.807, 2.05) is 43.3 Å². The summed E-state index contributed by atoms with van der Waals surface area (Å²) in [4.78, 5) is 19.4. The summed E-state index contributed by atoms with van der Waals surface area (Å²) in [6.07, 6.45) is 1.75. The fourth-order valence-electron chi connectivity index (χ4n) is 2.33. The number of methoxy groups -OCH3 is 1. The first-order valence-corrected chi connectivity index (χ1v) is 7.47. The second-order valence-corrected chi connectivity index (χ2v) is 5.56. The van der Waals surface area contributed by atoms with Crippen molar-refractivity contribution >= 4 is 33.6 Å². The normalized spacial score (nSPS) is 11.7. The number of para-hydroxylation sites is 1. The van der Waals surface area contributed by atoms with Crippen LogP contribution < -0.4 is 10.3 Å². The van der Waals surface area contributed by atoms with Crippen LogP contribution in [0.15, 0.2) is 47.3 Å². The van der Waals surface area contributed by atoms with E-state index >= 15 is 0 Å². The Morgan fingerprint density at radius 3 is 2.65 bits per heavy atom. The van der Waals surface area contributed by atoms with Gasteiger partial charge in [0.1, 0.15) is 5.75 Å². The van der Waals surface area contributed by atoms with Gasteiger partial charge >= 0.3 is 0 Å². The number of nitrogens with one attached hydrogen (secondary N) is 1. The largest absolute Gasteiger partial charge is 0.497 e. The van der Waals surface area contributed by atoms with Crippen LogP contribution in [0.5, 0.6) is 5.75 Å². The van der Waals surface area contributed by atoms with Gasteiger partial charge in [-0.3, -0.25) is 4.79 Å². The number of aromatic amines is 1. The SMILES string of the molecule is COc1ccc(/C=C(\Cl)c2nc3c(C)cccc3c(=O)[nH]2)cc1. The summed E-state index contributed by atoms with van der Waals surface area (Å²) in [6.45, 7) is 1.92. The van der Waals surface area contributed by atoms with E-state index in [2.05, 4.69) is 9.97 Å². The van der Waals surface area contributed by atoms with Crippen LogP contribution >= 0.6 is 11.6 Å². The summed E-state index contributed by atoms with van der Waals surface area (Å²) in [5.41, 5.74) is 2.29. The number of ether oxygens (including phenoxy) is 1. The zero-order valence-electron chi connectivity index (χ0n) is 12.8. The third kappa shape index (κ3) is 3.12. The average molecular weight is 327 g/mol. The molecule has 4 nitrogen and oxygen atoms in total. The number of H-pyrrole nitrogens is 1. The van der Waals surface area contributed by atoms with Gasteiger partial charge in [0.15, 0.2) is 5.82 Å². The Morgan fingerprint density at radius 2 is 1.96 bits per heavy atom. The van der Waals surface area contributed by atoms with Gasteiger partial charge in [0, 0.05) is 0 Å². The second kappa shape index (κ2) is 6.26. The number of aromatic nitrogens is 2. The van der Waals surface area contributed by atoms with Gasteiger partial charge in [-0.15, -0.1) is 0 Å². The Bertz CT molecular complexity index is 943. The molecule has 1 aromatic heterocycles. The van der Waals surface area contributed by atoms with Gasteiger partial charge < -0.3 is 9.72 Å². The Hall–Kier alpha value is -2.59. The lowest BCUT2D eigenvalue weighted by Gasteiger charge is -2.05. The van der Waals surface area contributed by atoms with Crippen LogP contribution in [0.1, 0.15) is 17.0 Å². The van der Waals surface area contributed by atoms with Crippen molar-refractivity contribution in [2.45, 2.75) is 6.92 Å². The lowest BCUT2D eigenvalue weighted by atomic mass is 10.1. The zero-order valence-corrected chi connectivity index (χ0v) is 13.5. The molecule has 23 heavy (non-hydrogen) atoms. The van der Waals surface area contributed by atoms with Gasteiger partial charge in [-0.1, -0.05) is 35.9 Å². The number of rotatable bonds is 3. The average Bonchev–Trinajstić information content (AvgIpc) is 2.56.